The molecule has 0 bridgehead atoms. The Hall–Kier alpha value is -2.95. The summed E-state index contributed by atoms with van der Waals surface area (Å²) in [5, 5.41) is 9.29. The number of carbonyl (C=O) groups excluding carboxylic acids is 1. The predicted octanol–water partition coefficient (Wildman–Crippen LogP) is 5.00. The first-order valence-corrected chi connectivity index (χ1v) is 13.1. The topological polar surface area (TPSA) is 92.0 Å². The highest BCUT2D eigenvalue weighted by Gasteiger charge is 2.32. The van der Waals surface area contributed by atoms with Crippen molar-refractivity contribution in [3.63, 3.8) is 0 Å². The second-order valence-corrected chi connectivity index (χ2v) is 10.7. The lowest BCUT2D eigenvalue weighted by Gasteiger charge is -2.14. The normalized spacial score (nSPS) is 14.9. The van der Waals surface area contributed by atoms with Crippen LogP contribution >= 0.6 is 35.7 Å². The maximum Gasteiger partial charge on any atom is 0.303 e. The smallest absolute Gasteiger partial charge is 0.303 e. The van der Waals surface area contributed by atoms with Crippen molar-refractivity contribution in [2.24, 2.45) is 0 Å². The second kappa shape index (κ2) is 11.2. The molecule has 2 aromatic heterocycles. The van der Waals surface area contributed by atoms with Crippen LogP contribution in [0.3, 0.4) is 0 Å². The van der Waals surface area contributed by atoms with Crippen molar-refractivity contribution in [3.8, 4) is 0 Å². The number of carboxylic acid groups (broad SMARTS) is 1. The maximum atomic E-state index is 13.5. The number of aliphatic carboxylic acids is 1. The number of aromatic nitrogens is 2. The fourth-order valence-electron chi connectivity index (χ4n) is 3.64. The molecule has 10 heteroatoms. The zero-order chi connectivity index (χ0) is 24.9. The van der Waals surface area contributed by atoms with Crippen LogP contribution < -0.4 is 5.56 Å². The van der Waals surface area contributed by atoms with Gasteiger partial charge >= 0.3 is 5.97 Å². The van der Waals surface area contributed by atoms with Crippen LogP contribution in [0.5, 0.6) is 0 Å². The Bertz CT molecular complexity index is 1390. The largest absolute Gasteiger partial charge is 0.481 e. The van der Waals surface area contributed by atoms with Gasteiger partial charge in [-0.3, -0.25) is 23.7 Å². The number of benzene rings is 1. The van der Waals surface area contributed by atoms with Gasteiger partial charge in [-0.2, -0.15) is 0 Å². The van der Waals surface area contributed by atoms with E-state index in [4.69, 9.17) is 22.3 Å². The summed E-state index contributed by atoms with van der Waals surface area (Å²) in [6.45, 7) is 2.32. The summed E-state index contributed by atoms with van der Waals surface area (Å²) in [4.78, 5) is 44.9. The Morgan fingerprint density at radius 1 is 1.14 bits per heavy atom. The van der Waals surface area contributed by atoms with Gasteiger partial charge in [0.05, 0.1) is 10.5 Å². The molecule has 3 aromatic rings. The fourth-order valence-corrected chi connectivity index (χ4v) is 5.84. The molecule has 0 unspecified atom stereocenters. The SMILES string of the molecule is Cc1cccn2c(=O)c(C=C3SC(=S)N(CCCCCC(=O)O)C3=O)c(Sc3ccccc3)nc12. The Kier molecular flexibility index (Phi) is 8.04. The van der Waals surface area contributed by atoms with E-state index >= 15 is 0 Å². The molecule has 1 saturated heterocycles. The van der Waals surface area contributed by atoms with E-state index in [2.05, 4.69) is 0 Å². The standard InChI is InChI=1S/C25H23N3O4S3/c1-16-9-8-14-27-21(16)26-22(34-17-10-4-2-5-11-17)18(23(27)31)15-19-24(32)28(25(33)35-19)13-7-3-6-12-20(29)30/h2,4-5,8-11,14-15H,3,6-7,12-13H2,1H3,(H,29,30). The van der Waals surface area contributed by atoms with Crippen LogP contribution in [0.2, 0.25) is 0 Å². The number of unbranched alkanes of at least 4 members (excludes halogenated alkanes) is 2. The quantitative estimate of drug-likeness (QED) is 0.181. The van der Waals surface area contributed by atoms with Crippen molar-refractivity contribution >= 4 is 63.7 Å². The van der Waals surface area contributed by atoms with Gasteiger partial charge in [-0.25, -0.2) is 4.98 Å². The van der Waals surface area contributed by atoms with Gasteiger partial charge in [-0.05, 0) is 49.6 Å². The number of hydrogen-bond donors (Lipinski definition) is 1. The molecule has 3 heterocycles. The van der Waals surface area contributed by atoms with Crippen molar-refractivity contribution < 1.29 is 14.7 Å². The average Bonchev–Trinajstić information content (AvgIpc) is 3.09. The van der Waals surface area contributed by atoms with E-state index in [1.54, 1.807) is 18.3 Å². The third-order valence-corrected chi connectivity index (χ3v) is 7.82. The van der Waals surface area contributed by atoms with Crippen LogP contribution in [0.4, 0.5) is 0 Å². The zero-order valence-corrected chi connectivity index (χ0v) is 21.4. The number of carbonyl (C=O) groups is 2. The van der Waals surface area contributed by atoms with E-state index in [1.807, 2.05) is 43.3 Å². The van der Waals surface area contributed by atoms with Gasteiger partial charge in [0.2, 0.25) is 0 Å². The number of fused-ring (bicyclic) bond motifs is 1. The summed E-state index contributed by atoms with van der Waals surface area (Å²) >= 11 is 7.97. The van der Waals surface area contributed by atoms with E-state index < -0.39 is 5.97 Å². The van der Waals surface area contributed by atoms with Gasteiger partial charge in [-0.1, -0.05) is 66.4 Å². The predicted molar refractivity (Wildman–Crippen MR) is 143 cm³/mol. The molecule has 1 aromatic carbocycles. The van der Waals surface area contributed by atoms with Crippen molar-refractivity contribution in [3.05, 3.63) is 75.0 Å². The minimum Gasteiger partial charge on any atom is -0.481 e. The van der Waals surface area contributed by atoms with Crippen molar-refractivity contribution in [2.75, 3.05) is 6.54 Å². The molecule has 1 fully saturated rings. The monoisotopic (exact) mass is 525 g/mol. The first-order valence-electron chi connectivity index (χ1n) is 11.1. The fraction of sp³-hybridized carbons (Fsp3) is 0.240. The summed E-state index contributed by atoms with van der Waals surface area (Å²) < 4.78 is 1.93. The molecule has 0 radical (unpaired) electrons. The van der Waals surface area contributed by atoms with Crippen LogP contribution in [0.1, 0.15) is 36.8 Å². The first-order chi connectivity index (χ1) is 16.8. The van der Waals surface area contributed by atoms with E-state index in [1.165, 1.54) is 32.8 Å². The van der Waals surface area contributed by atoms with Crippen LogP contribution in [0, 0.1) is 6.92 Å². The second-order valence-electron chi connectivity index (χ2n) is 7.97. The van der Waals surface area contributed by atoms with Gasteiger partial charge in [0.25, 0.3) is 11.5 Å². The van der Waals surface area contributed by atoms with Gasteiger partial charge in [0.15, 0.2) is 0 Å². The van der Waals surface area contributed by atoms with Crippen molar-refractivity contribution in [2.45, 2.75) is 42.5 Å². The van der Waals surface area contributed by atoms with Gasteiger partial charge in [-0.15, -0.1) is 0 Å². The molecule has 1 aliphatic heterocycles. The lowest BCUT2D eigenvalue weighted by atomic mass is 10.2. The number of hydrogen-bond acceptors (Lipinski definition) is 7. The minimum atomic E-state index is -0.826. The zero-order valence-electron chi connectivity index (χ0n) is 19.0. The highest BCUT2D eigenvalue weighted by Crippen LogP contribution is 2.35. The van der Waals surface area contributed by atoms with Gasteiger partial charge in [0.1, 0.15) is 15.0 Å². The Balaban J connectivity index is 1.66. The highest BCUT2D eigenvalue weighted by molar-refractivity contribution is 8.26. The van der Waals surface area contributed by atoms with E-state index in [0.29, 0.717) is 51.3 Å². The minimum absolute atomic E-state index is 0.110. The van der Waals surface area contributed by atoms with Gasteiger partial charge < -0.3 is 5.11 Å². The summed E-state index contributed by atoms with van der Waals surface area (Å²) in [6, 6.07) is 13.3. The molecule has 1 amide bonds. The summed E-state index contributed by atoms with van der Waals surface area (Å²) in [5.74, 6) is -1.07. The third-order valence-electron chi connectivity index (χ3n) is 5.43. The lowest BCUT2D eigenvalue weighted by Crippen LogP contribution is -2.29. The number of thiocarbonyl (C=S) groups is 1. The number of aryl methyl sites for hydroxylation is 1. The van der Waals surface area contributed by atoms with E-state index in [0.717, 1.165) is 10.5 Å². The molecule has 1 N–H and O–H groups in total. The molecule has 0 spiro atoms. The highest BCUT2D eigenvalue weighted by atomic mass is 32.2. The van der Waals surface area contributed by atoms with Crippen LogP contribution in [-0.2, 0) is 9.59 Å². The van der Waals surface area contributed by atoms with Crippen LogP contribution in [-0.4, -0.2) is 42.1 Å². The molecule has 180 valence electrons. The number of carboxylic acids is 1. The number of amides is 1. The number of pyridine rings is 1. The van der Waals surface area contributed by atoms with Crippen molar-refractivity contribution in [1.82, 2.24) is 14.3 Å². The number of rotatable bonds is 9. The Morgan fingerprint density at radius 2 is 1.91 bits per heavy atom. The molecule has 4 rings (SSSR count). The average molecular weight is 526 g/mol. The van der Waals surface area contributed by atoms with E-state index in [-0.39, 0.29) is 17.9 Å². The summed E-state index contributed by atoms with van der Waals surface area (Å²) in [5.41, 5.74) is 1.53. The summed E-state index contributed by atoms with van der Waals surface area (Å²) in [7, 11) is 0. The molecule has 0 atom stereocenters. The van der Waals surface area contributed by atoms with Crippen LogP contribution in [0.25, 0.3) is 11.7 Å². The molecular formula is C25H23N3O4S3. The van der Waals surface area contributed by atoms with Gasteiger partial charge in [0, 0.05) is 24.1 Å². The third kappa shape index (κ3) is 5.83. The Morgan fingerprint density at radius 3 is 2.66 bits per heavy atom. The Labute approximate surface area is 216 Å². The molecular weight excluding hydrogens is 502 g/mol. The molecule has 35 heavy (non-hydrogen) atoms. The molecule has 1 aliphatic rings. The number of thioether (sulfide) groups is 1. The van der Waals surface area contributed by atoms with Crippen molar-refractivity contribution in [1.29, 1.82) is 0 Å². The van der Waals surface area contributed by atoms with Crippen LogP contribution in [0.15, 0.2) is 68.3 Å². The molecule has 0 aliphatic carbocycles. The maximum absolute atomic E-state index is 13.5. The van der Waals surface area contributed by atoms with E-state index in [9.17, 15) is 14.4 Å². The summed E-state index contributed by atoms with van der Waals surface area (Å²) in [6.07, 6.45) is 5.28. The molecule has 7 nitrogen and oxygen atoms in total. The molecule has 0 saturated carbocycles. The first kappa shape index (κ1) is 25.2. The number of nitrogens with zero attached hydrogens (tertiary/aromatic N) is 3. The lowest BCUT2D eigenvalue weighted by molar-refractivity contribution is -0.137.